The van der Waals surface area contributed by atoms with Crippen LogP contribution < -0.4 is 10.6 Å². The van der Waals surface area contributed by atoms with Crippen LogP contribution in [0.1, 0.15) is 38.8 Å². The zero-order valence-electron chi connectivity index (χ0n) is 11.7. The first kappa shape index (κ1) is 14.2. The summed E-state index contributed by atoms with van der Waals surface area (Å²) in [7, 11) is 0. The minimum absolute atomic E-state index is 0.0574. The SMILES string of the molecule is CC(C)(C)OC(=O)NC1CC(=O)Nc2cc(O)ccc21. The highest BCUT2D eigenvalue weighted by Crippen LogP contribution is 2.33. The lowest BCUT2D eigenvalue weighted by Crippen LogP contribution is -2.38. The summed E-state index contributed by atoms with van der Waals surface area (Å²) in [5.41, 5.74) is 0.647. The molecule has 20 heavy (non-hydrogen) atoms. The Bertz CT molecular complexity index is 549. The molecular formula is C14H18N2O4. The predicted molar refractivity (Wildman–Crippen MR) is 73.5 cm³/mol. The van der Waals surface area contributed by atoms with Gasteiger partial charge in [0.15, 0.2) is 0 Å². The molecule has 2 amide bonds. The largest absolute Gasteiger partial charge is 0.508 e. The Labute approximate surface area is 117 Å². The molecule has 1 unspecified atom stereocenters. The van der Waals surface area contributed by atoms with Gasteiger partial charge in [-0.15, -0.1) is 0 Å². The van der Waals surface area contributed by atoms with Crippen LogP contribution in [-0.4, -0.2) is 22.7 Å². The quantitative estimate of drug-likeness (QED) is 0.735. The maximum atomic E-state index is 11.8. The van der Waals surface area contributed by atoms with Gasteiger partial charge in [-0.25, -0.2) is 4.79 Å². The van der Waals surface area contributed by atoms with Gasteiger partial charge in [-0.05, 0) is 32.4 Å². The van der Waals surface area contributed by atoms with E-state index in [-0.39, 0.29) is 18.1 Å². The summed E-state index contributed by atoms with van der Waals surface area (Å²) < 4.78 is 5.18. The second kappa shape index (κ2) is 5.03. The van der Waals surface area contributed by atoms with Crippen molar-refractivity contribution in [2.45, 2.75) is 38.8 Å². The van der Waals surface area contributed by atoms with Crippen LogP contribution in [0.3, 0.4) is 0 Å². The van der Waals surface area contributed by atoms with E-state index in [2.05, 4.69) is 10.6 Å². The molecule has 3 N–H and O–H groups in total. The number of hydrogen-bond acceptors (Lipinski definition) is 4. The third-order valence-electron chi connectivity index (χ3n) is 2.77. The average Bonchev–Trinajstić information content (AvgIpc) is 2.24. The molecular weight excluding hydrogens is 260 g/mol. The van der Waals surface area contributed by atoms with Crippen LogP contribution in [0, 0.1) is 0 Å². The minimum atomic E-state index is -0.598. The molecule has 6 heteroatoms. The normalized spacial score (nSPS) is 17.9. The van der Waals surface area contributed by atoms with E-state index in [1.165, 1.54) is 12.1 Å². The van der Waals surface area contributed by atoms with Crippen molar-refractivity contribution in [3.8, 4) is 5.75 Å². The van der Waals surface area contributed by atoms with Crippen molar-refractivity contribution in [3.05, 3.63) is 23.8 Å². The highest BCUT2D eigenvalue weighted by Gasteiger charge is 2.28. The van der Waals surface area contributed by atoms with Crippen molar-refractivity contribution in [2.24, 2.45) is 0 Å². The number of nitrogens with one attached hydrogen (secondary N) is 2. The molecule has 6 nitrogen and oxygen atoms in total. The van der Waals surface area contributed by atoms with Crippen molar-refractivity contribution in [3.63, 3.8) is 0 Å². The van der Waals surface area contributed by atoms with E-state index in [9.17, 15) is 14.7 Å². The third-order valence-corrected chi connectivity index (χ3v) is 2.77. The zero-order chi connectivity index (χ0) is 14.9. The Balaban J connectivity index is 2.17. The lowest BCUT2D eigenvalue weighted by molar-refractivity contribution is -0.117. The maximum absolute atomic E-state index is 11.8. The van der Waals surface area contributed by atoms with Crippen molar-refractivity contribution >= 4 is 17.7 Å². The van der Waals surface area contributed by atoms with E-state index in [0.717, 1.165) is 5.56 Å². The van der Waals surface area contributed by atoms with Crippen LogP contribution in [0.15, 0.2) is 18.2 Å². The van der Waals surface area contributed by atoms with E-state index in [0.29, 0.717) is 5.69 Å². The molecule has 0 fully saturated rings. The number of alkyl carbamates (subject to hydrolysis) is 1. The van der Waals surface area contributed by atoms with Gasteiger partial charge in [0.1, 0.15) is 11.4 Å². The summed E-state index contributed by atoms with van der Waals surface area (Å²) >= 11 is 0. The van der Waals surface area contributed by atoms with Crippen LogP contribution in [0.25, 0.3) is 0 Å². The predicted octanol–water partition coefficient (Wildman–Crippen LogP) is 2.30. The van der Waals surface area contributed by atoms with Gasteiger partial charge in [0.25, 0.3) is 0 Å². The van der Waals surface area contributed by atoms with Crippen LogP contribution >= 0.6 is 0 Å². The zero-order valence-corrected chi connectivity index (χ0v) is 11.7. The van der Waals surface area contributed by atoms with Gasteiger partial charge in [0.2, 0.25) is 5.91 Å². The van der Waals surface area contributed by atoms with Gasteiger partial charge in [-0.2, -0.15) is 0 Å². The summed E-state index contributed by atoms with van der Waals surface area (Å²) in [6.07, 6.45) is -0.437. The van der Waals surface area contributed by atoms with Crippen LogP contribution in [-0.2, 0) is 9.53 Å². The second-order valence-corrected chi connectivity index (χ2v) is 5.72. The number of carbonyl (C=O) groups excluding carboxylic acids is 2. The molecule has 2 rings (SSSR count). The number of carbonyl (C=O) groups is 2. The fraction of sp³-hybridized carbons (Fsp3) is 0.429. The molecule has 1 aromatic carbocycles. The number of phenolic OH excluding ortho intramolecular Hbond substituents is 1. The van der Waals surface area contributed by atoms with Gasteiger partial charge in [-0.1, -0.05) is 6.07 Å². The van der Waals surface area contributed by atoms with E-state index >= 15 is 0 Å². The number of benzene rings is 1. The smallest absolute Gasteiger partial charge is 0.408 e. The number of amides is 2. The lowest BCUT2D eigenvalue weighted by Gasteiger charge is -2.28. The topological polar surface area (TPSA) is 87.7 Å². The summed E-state index contributed by atoms with van der Waals surface area (Å²) in [4.78, 5) is 23.4. The number of aromatic hydroxyl groups is 1. The molecule has 108 valence electrons. The second-order valence-electron chi connectivity index (χ2n) is 5.72. The number of fused-ring (bicyclic) bond motifs is 1. The van der Waals surface area contributed by atoms with Crippen molar-refractivity contribution < 1.29 is 19.4 Å². The van der Waals surface area contributed by atoms with E-state index in [1.54, 1.807) is 26.8 Å². The van der Waals surface area contributed by atoms with Gasteiger partial charge in [0.05, 0.1) is 12.5 Å². The average molecular weight is 278 g/mol. The first-order valence-electron chi connectivity index (χ1n) is 6.37. The molecule has 0 bridgehead atoms. The van der Waals surface area contributed by atoms with Crippen LogP contribution in [0.5, 0.6) is 5.75 Å². The number of phenols is 1. The van der Waals surface area contributed by atoms with Crippen molar-refractivity contribution in [1.29, 1.82) is 0 Å². The first-order chi connectivity index (χ1) is 9.24. The van der Waals surface area contributed by atoms with Crippen LogP contribution in [0.4, 0.5) is 10.5 Å². The van der Waals surface area contributed by atoms with Gasteiger partial charge in [-0.3, -0.25) is 4.79 Å². The molecule has 1 atom stereocenters. The monoisotopic (exact) mass is 278 g/mol. The Morgan fingerprint density at radius 2 is 2.15 bits per heavy atom. The first-order valence-corrected chi connectivity index (χ1v) is 6.37. The summed E-state index contributed by atoms with van der Waals surface area (Å²) in [5, 5.41) is 14.8. The fourth-order valence-electron chi connectivity index (χ4n) is 2.03. The maximum Gasteiger partial charge on any atom is 0.408 e. The number of rotatable bonds is 1. The van der Waals surface area contributed by atoms with E-state index in [4.69, 9.17) is 4.74 Å². The fourth-order valence-corrected chi connectivity index (χ4v) is 2.03. The highest BCUT2D eigenvalue weighted by molar-refractivity contribution is 5.95. The molecule has 0 radical (unpaired) electrons. The summed E-state index contributed by atoms with van der Waals surface area (Å²) in [6.45, 7) is 5.31. The molecule has 0 saturated heterocycles. The van der Waals surface area contributed by atoms with Gasteiger partial charge < -0.3 is 20.5 Å². The molecule has 0 aliphatic carbocycles. The van der Waals surface area contributed by atoms with Gasteiger partial charge >= 0.3 is 6.09 Å². The van der Waals surface area contributed by atoms with Crippen molar-refractivity contribution in [2.75, 3.05) is 5.32 Å². The molecule has 0 aromatic heterocycles. The minimum Gasteiger partial charge on any atom is -0.508 e. The summed E-state index contributed by atoms with van der Waals surface area (Å²) in [5.74, 6) is -0.161. The number of hydrogen-bond donors (Lipinski definition) is 3. The van der Waals surface area contributed by atoms with Crippen LogP contribution in [0.2, 0.25) is 0 Å². The Kier molecular flexibility index (Phi) is 3.57. The molecule has 1 aromatic rings. The van der Waals surface area contributed by atoms with Gasteiger partial charge in [0, 0.05) is 11.8 Å². The Morgan fingerprint density at radius 1 is 1.45 bits per heavy atom. The Hall–Kier alpha value is -2.24. The third kappa shape index (κ3) is 3.40. The number of ether oxygens (including phenoxy) is 1. The molecule has 0 spiro atoms. The lowest BCUT2D eigenvalue weighted by atomic mass is 9.97. The number of anilines is 1. The summed E-state index contributed by atoms with van der Waals surface area (Å²) in [6, 6.07) is 4.18. The molecule has 1 aliphatic rings. The molecule has 0 saturated carbocycles. The van der Waals surface area contributed by atoms with Crippen molar-refractivity contribution in [1.82, 2.24) is 5.32 Å². The molecule has 1 heterocycles. The highest BCUT2D eigenvalue weighted by atomic mass is 16.6. The molecule has 1 aliphatic heterocycles. The van der Waals surface area contributed by atoms with E-state index < -0.39 is 17.7 Å². The Morgan fingerprint density at radius 3 is 2.80 bits per heavy atom. The standard InChI is InChI=1S/C14H18N2O4/c1-14(2,3)20-13(19)16-11-7-12(18)15-10-6-8(17)4-5-9(10)11/h4-6,11,17H,7H2,1-3H3,(H,15,18)(H,16,19). The van der Waals surface area contributed by atoms with E-state index in [1.807, 2.05) is 0 Å².